The van der Waals surface area contributed by atoms with Gasteiger partial charge in [-0.05, 0) is 36.4 Å². The Morgan fingerprint density at radius 3 is 2.67 bits per heavy atom. The molecular weight excluding hydrogens is 306 g/mol. The van der Waals surface area contributed by atoms with Crippen LogP contribution in [0.3, 0.4) is 0 Å². The predicted molar refractivity (Wildman–Crippen MR) is 69.6 cm³/mol. The SMILES string of the molecule is CC(C)(Cn1nnnc1-c1cc(F)c(Cl)cc1F)C(=O)O. The van der Waals surface area contributed by atoms with E-state index in [0.29, 0.717) is 0 Å². The fourth-order valence-electron chi connectivity index (χ4n) is 1.64. The van der Waals surface area contributed by atoms with E-state index < -0.39 is 23.0 Å². The third-order valence-corrected chi connectivity index (χ3v) is 3.20. The number of carboxylic acids is 1. The van der Waals surface area contributed by atoms with Gasteiger partial charge >= 0.3 is 5.97 Å². The zero-order chi connectivity index (χ0) is 15.8. The lowest BCUT2D eigenvalue weighted by atomic mass is 9.94. The van der Waals surface area contributed by atoms with E-state index in [4.69, 9.17) is 16.7 Å². The van der Waals surface area contributed by atoms with E-state index >= 15 is 0 Å². The number of halogens is 3. The van der Waals surface area contributed by atoms with Crippen LogP contribution in [0.4, 0.5) is 8.78 Å². The molecule has 1 aromatic carbocycles. The summed E-state index contributed by atoms with van der Waals surface area (Å²) >= 11 is 5.48. The van der Waals surface area contributed by atoms with Gasteiger partial charge in [0.25, 0.3) is 0 Å². The van der Waals surface area contributed by atoms with Crippen molar-refractivity contribution in [2.75, 3.05) is 0 Å². The molecule has 0 spiro atoms. The maximum Gasteiger partial charge on any atom is 0.310 e. The molecule has 21 heavy (non-hydrogen) atoms. The number of hydrogen-bond donors (Lipinski definition) is 1. The van der Waals surface area contributed by atoms with Crippen LogP contribution in [-0.2, 0) is 11.3 Å². The van der Waals surface area contributed by atoms with Crippen molar-refractivity contribution in [1.29, 1.82) is 0 Å². The number of aliphatic carboxylic acids is 1. The van der Waals surface area contributed by atoms with E-state index in [9.17, 15) is 13.6 Å². The summed E-state index contributed by atoms with van der Waals surface area (Å²) in [5.74, 6) is -2.75. The molecule has 0 saturated carbocycles. The zero-order valence-electron chi connectivity index (χ0n) is 11.1. The highest BCUT2D eigenvalue weighted by atomic mass is 35.5. The van der Waals surface area contributed by atoms with Gasteiger partial charge in [0.1, 0.15) is 11.6 Å². The molecule has 0 atom stereocenters. The first kappa shape index (κ1) is 15.3. The highest BCUT2D eigenvalue weighted by Gasteiger charge is 2.30. The first-order chi connectivity index (χ1) is 9.72. The Labute approximate surface area is 123 Å². The second-order valence-electron chi connectivity index (χ2n) is 5.10. The van der Waals surface area contributed by atoms with E-state index in [-0.39, 0.29) is 23.0 Å². The molecule has 1 N–H and O–H groups in total. The van der Waals surface area contributed by atoms with Crippen LogP contribution in [0, 0.1) is 17.0 Å². The van der Waals surface area contributed by atoms with Crippen molar-refractivity contribution in [1.82, 2.24) is 20.2 Å². The second kappa shape index (κ2) is 5.36. The summed E-state index contributed by atoms with van der Waals surface area (Å²) < 4.78 is 28.5. The summed E-state index contributed by atoms with van der Waals surface area (Å²) in [6.07, 6.45) is 0. The van der Waals surface area contributed by atoms with Gasteiger partial charge in [-0.1, -0.05) is 11.6 Å². The van der Waals surface area contributed by atoms with E-state index in [1.807, 2.05) is 0 Å². The average molecular weight is 317 g/mol. The standard InChI is InChI=1S/C12H11ClF2N4O2/c1-12(2,11(20)21)5-19-10(16-17-18-19)6-3-9(15)7(13)4-8(6)14/h3-4H,5H2,1-2H3,(H,20,21). The minimum absolute atomic E-state index is 0.0719. The van der Waals surface area contributed by atoms with Gasteiger partial charge in [-0.2, -0.15) is 0 Å². The Hall–Kier alpha value is -2.09. The molecule has 0 radical (unpaired) electrons. The van der Waals surface area contributed by atoms with Crippen molar-refractivity contribution in [3.8, 4) is 11.4 Å². The Bertz CT molecular complexity index is 703. The smallest absolute Gasteiger partial charge is 0.310 e. The number of benzene rings is 1. The van der Waals surface area contributed by atoms with Crippen LogP contribution in [-0.4, -0.2) is 31.3 Å². The minimum atomic E-state index is -1.18. The maximum atomic E-state index is 13.9. The van der Waals surface area contributed by atoms with E-state index in [2.05, 4.69) is 15.5 Å². The summed E-state index contributed by atoms with van der Waals surface area (Å²) in [4.78, 5) is 11.1. The summed E-state index contributed by atoms with van der Waals surface area (Å²) in [6.45, 7) is 2.84. The van der Waals surface area contributed by atoms with Crippen molar-refractivity contribution in [3.05, 3.63) is 28.8 Å². The quantitative estimate of drug-likeness (QED) is 0.876. The van der Waals surface area contributed by atoms with Crippen molar-refractivity contribution in [3.63, 3.8) is 0 Å². The van der Waals surface area contributed by atoms with Crippen LogP contribution in [0.5, 0.6) is 0 Å². The number of carboxylic acid groups (broad SMARTS) is 1. The number of hydrogen-bond acceptors (Lipinski definition) is 4. The topological polar surface area (TPSA) is 80.9 Å². The lowest BCUT2D eigenvalue weighted by molar-refractivity contribution is -0.147. The van der Waals surface area contributed by atoms with Crippen molar-refractivity contribution < 1.29 is 18.7 Å². The lowest BCUT2D eigenvalue weighted by Crippen LogP contribution is -2.30. The van der Waals surface area contributed by atoms with Gasteiger partial charge in [-0.3, -0.25) is 4.79 Å². The van der Waals surface area contributed by atoms with Gasteiger partial charge in [-0.25, -0.2) is 13.5 Å². The number of nitrogens with zero attached hydrogens (tertiary/aromatic N) is 4. The summed E-state index contributed by atoms with van der Waals surface area (Å²) in [6, 6.07) is 1.68. The number of aromatic nitrogens is 4. The van der Waals surface area contributed by atoms with Crippen LogP contribution in [0.2, 0.25) is 5.02 Å². The van der Waals surface area contributed by atoms with Crippen LogP contribution in [0.15, 0.2) is 12.1 Å². The molecule has 0 saturated heterocycles. The molecule has 1 aromatic heterocycles. The summed E-state index contributed by atoms with van der Waals surface area (Å²) in [7, 11) is 0. The average Bonchev–Trinajstić information content (AvgIpc) is 2.81. The van der Waals surface area contributed by atoms with E-state index in [0.717, 1.165) is 16.8 Å². The molecule has 6 nitrogen and oxygen atoms in total. The summed E-state index contributed by atoms with van der Waals surface area (Å²) in [5.41, 5.74) is -1.37. The number of rotatable bonds is 4. The molecule has 9 heteroatoms. The second-order valence-corrected chi connectivity index (χ2v) is 5.50. The van der Waals surface area contributed by atoms with Gasteiger partial charge in [0, 0.05) is 0 Å². The Morgan fingerprint density at radius 1 is 1.38 bits per heavy atom. The maximum absolute atomic E-state index is 13.9. The molecule has 1 heterocycles. The Morgan fingerprint density at radius 2 is 2.05 bits per heavy atom. The fraction of sp³-hybridized carbons (Fsp3) is 0.333. The van der Waals surface area contributed by atoms with Gasteiger partial charge in [0.05, 0.1) is 22.5 Å². The molecule has 0 fully saturated rings. The molecular formula is C12H11ClF2N4O2. The monoisotopic (exact) mass is 316 g/mol. The molecule has 2 aromatic rings. The molecule has 0 aliphatic heterocycles. The van der Waals surface area contributed by atoms with Crippen LogP contribution in [0.1, 0.15) is 13.8 Å². The molecule has 0 unspecified atom stereocenters. The minimum Gasteiger partial charge on any atom is -0.481 e. The van der Waals surface area contributed by atoms with Crippen LogP contribution < -0.4 is 0 Å². The molecule has 0 aliphatic carbocycles. The predicted octanol–water partition coefficient (Wildman–Crippen LogP) is 2.38. The largest absolute Gasteiger partial charge is 0.481 e. The summed E-state index contributed by atoms with van der Waals surface area (Å²) in [5, 5.41) is 19.4. The normalized spacial score (nSPS) is 11.7. The van der Waals surface area contributed by atoms with Gasteiger partial charge in [0.2, 0.25) is 0 Å². The van der Waals surface area contributed by atoms with Crippen LogP contribution in [0.25, 0.3) is 11.4 Å². The fourth-order valence-corrected chi connectivity index (χ4v) is 1.79. The van der Waals surface area contributed by atoms with Crippen molar-refractivity contribution >= 4 is 17.6 Å². The van der Waals surface area contributed by atoms with Crippen molar-refractivity contribution in [2.24, 2.45) is 5.41 Å². The molecule has 0 aliphatic rings. The van der Waals surface area contributed by atoms with Gasteiger partial charge < -0.3 is 5.11 Å². The highest BCUT2D eigenvalue weighted by molar-refractivity contribution is 6.30. The highest BCUT2D eigenvalue weighted by Crippen LogP contribution is 2.27. The van der Waals surface area contributed by atoms with Gasteiger partial charge in [0.15, 0.2) is 5.82 Å². The molecule has 0 bridgehead atoms. The third kappa shape index (κ3) is 2.99. The molecule has 0 amide bonds. The zero-order valence-corrected chi connectivity index (χ0v) is 11.9. The van der Waals surface area contributed by atoms with Crippen molar-refractivity contribution in [2.45, 2.75) is 20.4 Å². The first-order valence-electron chi connectivity index (χ1n) is 5.87. The molecule has 2 rings (SSSR count). The van der Waals surface area contributed by atoms with Gasteiger partial charge in [-0.15, -0.1) is 5.10 Å². The number of tetrazole rings is 1. The third-order valence-electron chi connectivity index (χ3n) is 2.91. The lowest BCUT2D eigenvalue weighted by Gasteiger charge is -2.19. The van der Waals surface area contributed by atoms with Crippen LogP contribution >= 0.6 is 11.6 Å². The Balaban J connectivity index is 2.46. The number of carbonyl (C=O) groups is 1. The molecule has 112 valence electrons. The Kier molecular flexibility index (Phi) is 3.91. The van der Waals surface area contributed by atoms with E-state index in [1.165, 1.54) is 13.8 Å². The first-order valence-corrected chi connectivity index (χ1v) is 6.24. The van der Waals surface area contributed by atoms with E-state index in [1.54, 1.807) is 0 Å².